The minimum atomic E-state index is -0.0931. The number of aryl methyl sites for hydroxylation is 1. The van der Waals surface area contributed by atoms with E-state index in [-0.39, 0.29) is 5.91 Å². The fraction of sp³-hybridized carbons (Fsp3) is 0.286. The molecule has 1 aromatic carbocycles. The fourth-order valence-electron chi connectivity index (χ4n) is 2.06. The molecule has 0 atom stereocenters. The molecule has 0 spiro atoms. The highest BCUT2D eigenvalue weighted by atomic mass is 16.5. The predicted molar refractivity (Wildman–Crippen MR) is 66.5 cm³/mol. The number of nitrogens with zero attached hydrogens (tertiary/aromatic N) is 2. The van der Waals surface area contributed by atoms with Crippen LogP contribution in [0.4, 0.5) is 0 Å². The number of aromatic nitrogens is 2. The van der Waals surface area contributed by atoms with Gasteiger partial charge in [-0.25, -0.2) is 4.68 Å². The van der Waals surface area contributed by atoms with Crippen LogP contribution in [0.2, 0.25) is 0 Å². The van der Waals surface area contributed by atoms with E-state index in [9.17, 15) is 4.79 Å². The van der Waals surface area contributed by atoms with Crippen LogP contribution in [0.3, 0.4) is 0 Å². The van der Waals surface area contributed by atoms with E-state index in [1.165, 1.54) is 4.68 Å². The molecule has 18 heavy (non-hydrogen) atoms. The third kappa shape index (κ3) is 1.95. The molecule has 0 unspecified atom stereocenters. The molecule has 1 aliphatic rings. The van der Waals surface area contributed by atoms with Crippen molar-refractivity contribution in [3.63, 3.8) is 0 Å². The molecule has 0 fully saturated rings. The van der Waals surface area contributed by atoms with Crippen molar-refractivity contribution < 1.29 is 9.53 Å². The average molecular weight is 242 g/mol. The minimum absolute atomic E-state index is 0.0931. The maximum absolute atomic E-state index is 12.2. The normalized spacial score (nSPS) is 14.3. The summed E-state index contributed by atoms with van der Waals surface area (Å²) in [5.74, 6) is -0.0931. The highest BCUT2D eigenvalue weighted by Crippen LogP contribution is 2.15. The van der Waals surface area contributed by atoms with Gasteiger partial charge in [0.2, 0.25) is 0 Å². The number of benzene rings is 1. The van der Waals surface area contributed by atoms with Gasteiger partial charge in [-0.1, -0.05) is 17.7 Å². The maximum atomic E-state index is 12.2. The largest absolute Gasteiger partial charge is 0.376 e. The molecule has 0 saturated heterocycles. The van der Waals surface area contributed by atoms with Crippen molar-refractivity contribution in [2.75, 3.05) is 6.61 Å². The molecular formula is C14H14N2O2. The Labute approximate surface area is 105 Å². The van der Waals surface area contributed by atoms with Gasteiger partial charge in [0.05, 0.1) is 18.9 Å². The Morgan fingerprint density at radius 1 is 1.33 bits per heavy atom. The van der Waals surface area contributed by atoms with Crippen LogP contribution in [0.1, 0.15) is 27.2 Å². The fourth-order valence-corrected chi connectivity index (χ4v) is 2.06. The van der Waals surface area contributed by atoms with Crippen molar-refractivity contribution in [1.29, 1.82) is 0 Å². The molecule has 1 aliphatic heterocycles. The highest BCUT2D eigenvalue weighted by Gasteiger charge is 2.17. The monoisotopic (exact) mass is 242 g/mol. The van der Waals surface area contributed by atoms with Crippen LogP contribution in [0.25, 0.3) is 0 Å². The van der Waals surface area contributed by atoms with E-state index in [1.807, 2.05) is 31.2 Å². The summed E-state index contributed by atoms with van der Waals surface area (Å²) in [6.07, 6.45) is 2.56. The summed E-state index contributed by atoms with van der Waals surface area (Å²) in [6, 6.07) is 7.52. The zero-order valence-corrected chi connectivity index (χ0v) is 10.2. The number of carbonyl (C=O) groups excluding carboxylic acids is 1. The van der Waals surface area contributed by atoms with Crippen LogP contribution in [0.15, 0.2) is 30.5 Å². The van der Waals surface area contributed by atoms with Gasteiger partial charge in [-0.15, -0.1) is 0 Å². The van der Waals surface area contributed by atoms with E-state index < -0.39 is 0 Å². The molecule has 0 amide bonds. The Balaban J connectivity index is 1.92. The molecule has 0 saturated carbocycles. The van der Waals surface area contributed by atoms with Crippen LogP contribution in [-0.4, -0.2) is 22.3 Å². The van der Waals surface area contributed by atoms with Crippen molar-refractivity contribution in [3.8, 4) is 0 Å². The molecule has 0 bridgehead atoms. The Kier molecular flexibility index (Phi) is 2.72. The van der Waals surface area contributed by atoms with E-state index >= 15 is 0 Å². The molecule has 0 radical (unpaired) electrons. The van der Waals surface area contributed by atoms with Gasteiger partial charge < -0.3 is 4.74 Å². The minimum Gasteiger partial charge on any atom is -0.376 e. The number of hydrogen-bond donors (Lipinski definition) is 0. The zero-order chi connectivity index (χ0) is 12.5. The molecule has 0 aliphatic carbocycles. The highest BCUT2D eigenvalue weighted by molar-refractivity contribution is 5.95. The van der Waals surface area contributed by atoms with E-state index in [0.29, 0.717) is 18.8 Å². The number of fused-ring (bicyclic) bond motifs is 1. The molecule has 92 valence electrons. The summed E-state index contributed by atoms with van der Waals surface area (Å²) in [6.45, 7) is 3.23. The lowest BCUT2D eigenvalue weighted by Crippen LogP contribution is -2.13. The molecule has 4 nitrogen and oxygen atoms in total. The second-order valence-electron chi connectivity index (χ2n) is 4.52. The number of carbonyl (C=O) groups is 1. The Morgan fingerprint density at radius 3 is 2.83 bits per heavy atom. The van der Waals surface area contributed by atoms with Gasteiger partial charge >= 0.3 is 0 Å². The molecule has 4 heteroatoms. The number of ether oxygens (including phenoxy) is 1. The van der Waals surface area contributed by atoms with Crippen molar-refractivity contribution in [2.45, 2.75) is 20.0 Å². The van der Waals surface area contributed by atoms with Gasteiger partial charge in [0, 0.05) is 23.7 Å². The number of hydrogen-bond acceptors (Lipinski definition) is 3. The Hall–Kier alpha value is -1.94. The first-order valence-electron chi connectivity index (χ1n) is 6.00. The van der Waals surface area contributed by atoms with Crippen LogP contribution in [-0.2, 0) is 17.8 Å². The lowest BCUT2D eigenvalue weighted by Gasteiger charge is -2.08. The second kappa shape index (κ2) is 4.38. The van der Waals surface area contributed by atoms with E-state index in [2.05, 4.69) is 5.10 Å². The maximum Gasteiger partial charge on any atom is 0.278 e. The predicted octanol–water partition coefficient (Wildman–Crippen LogP) is 1.95. The van der Waals surface area contributed by atoms with E-state index in [4.69, 9.17) is 4.74 Å². The molecule has 2 heterocycles. The molecule has 0 N–H and O–H groups in total. The van der Waals surface area contributed by atoms with Gasteiger partial charge in [0.15, 0.2) is 0 Å². The first-order valence-corrected chi connectivity index (χ1v) is 6.00. The van der Waals surface area contributed by atoms with Crippen LogP contribution in [0, 0.1) is 6.92 Å². The SMILES string of the molecule is Cc1ccc(C(=O)n2cc3c(n2)CCOC3)cc1. The summed E-state index contributed by atoms with van der Waals surface area (Å²) in [7, 11) is 0. The Morgan fingerprint density at radius 2 is 2.11 bits per heavy atom. The van der Waals surface area contributed by atoms with Crippen molar-refractivity contribution >= 4 is 5.91 Å². The first-order chi connectivity index (χ1) is 8.74. The third-order valence-corrected chi connectivity index (χ3v) is 3.12. The van der Waals surface area contributed by atoms with Crippen molar-refractivity contribution in [3.05, 3.63) is 52.8 Å². The number of rotatable bonds is 1. The topological polar surface area (TPSA) is 44.1 Å². The second-order valence-corrected chi connectivity index (χ2v) is 4.52. The third-order valence-electron chi connectivity index (χ3n) is 3.12. The van der Waals surface area contributed by atoms with Gasteiger partial charge in [-0.2, -0.15) is 5.10 Å². The lowest BCUT2D eigenvalue weighted by molar-refractivity contribution is 0.0944. The molecule has 2 aromatic rings. The van der Waals surface area contributed by atoms with Crippen molar-refractivity contribution in [1.82, 2.24) is 9.78 Å². The lowest BCUT2D eigenvalue weighted by atomic mass is 10.1. The van der Waals surface area contributed by atoms with Gasteiger partial charge in [0.1, 0.15) is 0 Å². The summed E-state index contributed by atoms with van der Waals surface area (Å²) in [5.41, 5.74) is 3.78. The summed E-state index contributed by atoms with van der Waals surface area (Å²) >= 11 is 0. The first kappa shape index (κ1) is 11.2. The molecular weight excluding hydrogens is 228 g/mol. The standard InChI is InChI=1S/C14H14N2O2/c1-10-2-4-11(5-3-10)14(17)16-8-12-9-18-7-6-13(12)15-16/h2-5,8H,6-7,9H2,1H3. The quantitative estimate of drug-likeness (QED) is 0.767. The smallest absolute Gasteiger partial charge is 0.278 e. The summed E-state index contributed by atoms with van der Waals surface area (Å²) in [5, 5.41) is 4.34. The summed E-state index contributed by atoms with van der Waals surface area (Å²) < 4.78 is 6.77. The van der Waals surface area contributed by atoms with Crippen LogP contribution < -0.4 is 0 Å². The van der Waals surface area contributed by atoms with Gasteiger partial charge in [-0.3, -0.25) is 4.79 Å². The average Bonchev–Trinajstić information content (AvgIpc) is 2.82. The van der Waals surface area contributed by atoms with Gasteiger partial charge in [0.25, 0.3) is 5.91 Å². The zero-order valence-electron chi connectivity index (χ0n) is 10.2. The van der Waals surface area contributed by atoms with E-state index in [1.54, 1.807) is 6.20 Å². The van der Waals surface area contributed by atoms with Crippen molar-refractivity contribution in [2.24, 2.45) is 0 Å². The van der Waals surface area contributed by atoms with Gasteiger partial charge in [-0.05, 0) is 19.1 Å². The van der Waals surface area contributed by atoms with E-state index in [0.717, 1.165) is 23.2 Å². The molecule has 3 rings (SSSR count). The Bertz CT molecular complexity index is 561. The molecule has 1 aromatic heterocycles. The van der Waals surface area contributed by atoms with Crippen LogP contribution in [0.5, 0.6) is 0 Å². The van der Waals surface area contributed by atoms with Crippen LogP contribution >= 0.6 is 0 Å². The summed E-state index contributed by atoms with van der Waals surface area (Å²) in [4.78, 5) is 12.2.